The number of hydrogen-bond donors (Lipinski definition) is 6. The van der Waals surface area contributed by atoms with Gasteiger partial charge in [0.1, 0.15) is 48.2 Å². The van der Waals surface area contributed by atoms with Crippen molar-refractivity contribution >= 4 is 69.1 Å². The summed E-state index contributed by atoms with van der Waals surface area (Å²) in [7, 11) is 3.38. The van der Waals surface area contributed by atoms with Gasteiger partial charge >= 0.3 is 0 Å². The number of benzene rings is 2. The molecule has 2 aliphatic carbocycles. The topological polar surface area (TPSA) is 241 Å². The maximum absolute atomic E-state index is 14.5. The number of nitrogens with one attached hydrogen (secondary N) is 6. The quantitative estimate of drug-likeness (QED) is 0.0626. The summed E-state index contributed by atoms with van der Waals surface area (Å²) in [4.78, 5) is 116. The van der Waals surface area contributed by atoms with E-state index in [1.54, 1.807) is 68.8 Å². The number of rotatable bonds is 22. The van der Waals surface area contributed by atoms with Crippen LogP contribution in [0.1, 0.15) is 99.0 Å². The molecule has 81 heavy (non-hydrogen) atoms. The van der Waals surface area contributed by atoms with Gasteiger partial charge in [-0.2, -0.15) is 0 Å². The van der Waals surface area contributed by atoms with E-state index >= 15 is 0 Å². The van der Waals surface area contributed by atoms with Gasteiger partial charge in [0.05, 0.1) is 25.3 Å². The number of halogens is 2. The molecule has 4 aromatic rings. The molecule has 0 spiro atoms. The van der Waals surface area contributed by atoms with E-state index in [2.05, 4.69) is 31.9 Å². The normalized spacial score (nSPS) is 18.0. The van der Waals surface area contributed by atoms with Crippen molar-refractivity contribution in [2.24, 2.45) is 11.8 Å². The Hall–Kier alpha value is -6.98. The second-order valence-electron chi connectivity index (χ2n) is 22.0. The highest BCUT2D eigenvalue weighted by Crippen LogP contribution is 2.31. The summed E-state index contributed by atoms with van der Waals surface area (Å²) >= 11 is 0. The summed E-state index contributed by atoms with van der Waals surface area (Å²) in [6.07, 6.45) is 9.55. The van der Waals surface area contributed by atoms with Crippen molar-refractivity contribution in [3.63, 3.8) is 0 Å². The van der Waals surface area contributed by atoms with Crippen LogP contribution in [0.2, 0.25) is 0 Å². The third kappa shape index (κ3) is 14.9. The van der Waals surface area contributed by atoms with E-state index in [0.29, 0.717) is 21.8 Å². The van der Waals surface area contributed by atoms with Crippen LogP contribution in [0.25, 0.3) is 21.8 Å². The minimum Gasteiger partial charge on any atom is -0.378 e. The number of likely N-dealkylation sites (N-methyl/N-ethyl adjacent to an activating group) is 2. The minimum atomic E-state index is -0.660. The zero-order valence-electron chi connectivity index (χ0n) is 47.2. The van der Waals surface area contributed by atoms with Gasteiger partial charge in [0, 0.05) is 87.3 Å². The molecule has 21 nitrogen and oxygen atoms in total. The van der Waals surface area contributed by atoms with Gasteiger partial charge in [0.2, 0.25) is 35.4 Å². The highest BCUT2D eigenvalue weighted by atomic mass is 19.1. The average Bonchev–Trinajstić information content (AvgIpc) is 4.11. The molecular formula is C58H80F2N12O9. The molecule has 2 saturated carbocycles. The maximum atomic E-state index is 14.5. The molecule has 4 fully saturated rings. The van der Waals surface area contributed by atoms with E-state index in [4.69, 9.17) is 4.74 Å². The lowest BCUT2D eigenvalue weighted by molar-refractivity contribution is -0.140. The zero-order chi connectivity index (χ0) is 57.7. The predicted molar refractivity (Wildman–Crippen MR) is 300 cm³/mol. The number of fused-ring (bicyclic) bond motifs is 2. The molecule has 8 rings (SSSR count). The van der Waals surface area contributed by atoms with Gasteiger partial charge < -0.3 is 65.4 Å². The lowest BCUT2D eigenvalue weighted by Gasteiger charge is -2.39. The summed E-state index contributed by atoms with van der Waals surface area (Å²) in [5.74, 6) is -3.34. The number of carbonyl (C=O) groups excluding carboxylic acids is 8. The Morgan fingerprint density at radius 1 is 0.519 bits per heavy atom. The zero-order valence-corrected chi connectivity index (χ0v) is 47.2. The van der Waals surface area contributed by atoms with Crippen molar-refractivity contribution in [3.8, 4) is 0 Å². The Kier molecular flexibility index (Phi) is 20.9. The van der Waals surface area contributed by atoms with E-state index in [-0.39, 0.29) is 150 Å². The monoisotopic (exact) mass is 1130 g/mol. The van der Waals surface area contributed by atoms with Crippen LogP contribution in [0, 0.1) is 23.5 Å². The lowest BCUT2D eigenvalue weighted by Crippen LogP contribution is -2.59. The molecule has 2 aliphatic heterocycles. The summed E-state index contributed by atoms with van der Waals surface area (Å²) in [5, 5.41) is 18.4. The van der Waals surface area contributed by atoms with E-state index in [9.17, 15) is 47.1 Å². The number of piperazine rings is 2. The molecule has 4 heterocycles. The van der Waals surface area contributed by atoms with Gasteiger partial charge in [-0.25, -0.2) is 8.78 Å². The second-order valence-corrected chi connectivity index (χ2v) is 22.0. The average molecular weight is 1130 g/mol. The first-order valence-corrected chi connectivity index (χ1v) is 28.8. The van der Waals surface area contributed by atoms with Gasteiger partial charge in [-0.1, -0.05) is 38.5 Å². The molecule has 0 radical (unpaired) electrons. The molecule has 440 valence electrons. The van der Waals surface area contributed by atoms with Gasteiger partial charge in [0.15, 0.2) is 0 Å². The smallest absolute Gasteiger partial charge is 0.270 e. The molecule has 8 amide bonds. The fourth-order valence-electron chi connectivity index (χ4n) is 11.7. The van der Waals surface area contributed by atoms with Crippen LogP contribution >= 0.6 is 0 Å². The van der Waals surface area contributed by atoms with Crippen molar-refractivity contribution in [1.82, 2.24) is 60.6 Å². The number of nitrogens with zero attached hydrogens (tertiary/aromatic N) is 6. The first-order valence-electron chi connectivity index (χ1n) is 28.8. The van der Waals surface area contributed by atoms with Gasteiger partial charge in [0.25, 0.3) is 11.8 Å². The summed E-state index contributed by atoms with van der Waals surface area (Å²) in [6, 6.07) is 9.05. The van der Waals surface area contributed by atoms with Crippen LogP contribution in [0.4, 0.5) is 8.78 Å². The highest BCUT2D eigenvalue weighted by molar-refractivity contribution is 6.01. The summed E-state index contributed by atoms with van der Waals surface area (Å²) in [6.45, 7) is 5.28. The Bertz CT molecular complexity index is 2710. The Morgan fingerprint density at radius 2 is 0.877 bits per heavy atom. The highest BCUT2D eigenvalue weighted by Gasteiger charge is 2.39. The molecule has 2 unspecified atom stereocenters. The molecule has 2 aromatic heterocycles. The van der Waals surface area contributed by atoms with Crippen molar-refractivity contribution in [2.75, 3.05) is 92.8 Å². The molecule has 0 bridgehead atoms. The van der Waals surface area contributed by atoms with Crippen LogP contribution in [0.5, 0.6) is 0 Å². The SMILES string of the molecule is CN[C@@H](C)C(=O)NC(C(=O)N1CCN(C(=O)c2cc3cc(F)ccc3n2CC(=O)NCCOCCNC(=O)Cn2c(C(=O)N3CCN(C(=O)C(NC(=O)[C@H](C)NC)C4CCCCC4)CC3)cc3cc(F)ccc32)CC1)C1CCCCC1. The lowest BCUT2D eigenvalue weighted by atomic mass is 9.83. The van der Waals surface area contributed by atoms with Crippen molar-refractivity contribution < 1.29 is 51.9 Å². The first-order chi connectivity index (χ1) is 39.0. The molecule has 23 heteroatoms. The molecule has 4 aliphatic rings. The third-order valence-corrected chi connectivity index (χ3v) is 16.7. The van der Waals surface area contributed by atoms with Gasteiger partial charge in [-0.3, -0.25) is 38.4 Å². The van der Waals surface area contributed by atoms with E-state index in [0.717, 1.165) is 64.2 Å². The summed E-state index contributed by atoms with van der Waals surface area (Å²) < 4.78 is 37.7. The van der Waals surface area contributed by atoms with Gasteiger partial charge in [-0.15, -0.1) is 0 Å². The number of amides is 8. The molecule has 4 atom stereocenters. The largest absolute Gasteiger partial charge is 0.378 e. The predicted octanol–water partition coefficient (Wildman–Crippen LogP) is 2.74. The van der Waals surface area contributed by atoms with Crippen LogP contribution in [-0.4, -0.2) is 193 Å². The maximum Gasteiger partial charge on any atom is 0.270 e. The second kappa shape index (κ2) is 28.1. The Labute approximate surface area is 471 Å². The fourth-order valence-corrected chi connectivity index (χ4v) is 11.7. The Balaban J connectivity index is 0.802. The van der Waals surface area contributed by atoms with Crippen LogP contribution in [0.15, 0.2) is 48.5 Å². The summed E-state index contributed by atoms with van der Waals surface area (Å²) in [5.41, 5.74) is 1.36. The van der Waals surface area contributed by atoms with Crippen LogP contribution < -0.4 is 31.9 Å². The van der Waals surface area contributed by atoms with E-state index in [1.807, 2.05) is 0 Å². The standard InChI is InChI=1S/C58H80F2N12O9/c1-37(61-3)53(75)65-51(39-11-7-5-8-12-39)57(79)69-25-21-67(22-26-69)55(77)47-33-41-31-43(59)15-17-45(41)71(47)35-49(73)63-19-29-81-30-20-64-50(74)36-72-46-18-16-44(60)32-42(46)34-48(72)56(78)68-23-27-70(28-24-68)58(80)52(40-13-9-6-10-14-40)66-54(76)38(2)62-4/h15-18,31-34,37-40,51-52,61-62H,5-14,19-30,35-36H2,1-4H3,(H,63,73)(H,64,74)(H,65,75)(H,66,76)/t37-,38-,51?,52?/m0/s1. The van der Waals surface area contributed by atoms with Crippen molar-refractivity contribution in [1.29, 1.82) is 0 Å². The fraction of sp³-hybridized carbons (Fsp3) is 0.586. The van der Waals surface area contributed by atoms with Gasteiger partial charge in [-0.05, 0) is 114 Å². The number of aromatic nitrogens is 2. The van der Waals surface area contributed by atoms with E-state index < -0.39 is 47.6 Å². The minimum absolute atomic E-state index is 0.0258. The van der Waals surface area contributed by atoms with Crippen molar-refractivity contribution in [2.45, 2.75) is 115 Å². The van der Waals surface area contributed by atoms with E-state index in [1.165, 1.54) is 36.4 Å². The number of carbonyl (C=O) groups is 8. The third-order valence-electron chi connectivity index (χ3n) is 16.7. The molecule has 6 N–H and O–H groups in total. The van der Waals surface area contributed by atoms with Crippen molar-refractivity contribution in [3.05, 3.63) is 71.6 Å². The van der Waals surface area contributed by atoms with Crippen LogP contribution in [0.3, 0.4) is 0 Å². The number of hydrogen-bond acceptors (Lipinski definition) is 11. The molecular weight excluding hydrogens is 1050 g/mol. The van der Waals surface area contributed by atoms with Crippen LogP contribution in [-0.2, 0) is 46.6 Å². The number of ether oxygens (including phenoxy) is 1. The molecule has 2 saturated heterocycles. The Morgan fingerprint density at radius 3 is 1.23 bits per heavy atom. The molecule has 2 aromatic carbocycles. The first kappa shape index (κ1) is 60.1.